The van der Waals surface area contributed by atoms with Crippen LogP contribution in [0, 0.1) is 12.7 Å². The van der Waals surface area contributed by atoms with Crippen molar-refractivity contribution in [3.63, 3.8) is 0 Å². The van der Waals surface area contributed by atoms with Crippen LogP contribution in [-0.2, 0) is 24.4 Å². The van der Waals surface area contributed by atoms with E-state index in [4.69, 9.17) is 10.7 Å². The van der Waals surface area contributed by atoms with E-state index in [-0.39, 0.29) is 17.6 Å². The van der Waals surface area contributed by atoms with E-state index < -0.39 is 0 Å². The predicted octanol–water partition coefficient (Wildman–Crippen LogP) is 6.00. The molecule has 0 spiro atoms. The summed E-state index contributed by atoms with van der Waals surface area (Å²) < 4.78 is 17.7. The Balaban J connectivity index is 0.686. The van der Waals surface area contributed by atoms with Crippen molar-refractivity contribution in [2.45, 2.75) is 45.8 Å². The molecule has 9 rings (SSSR count). The van der Waals surface area contributed by atoms with Crippen LogP contribution in [0.25, 0.3) is 28.1 Å². The van der Waals surface area contributed by atoms with E-state index in [0.29, 0.717) is 74.4 Å². The fourth-order valence-electron chi connectivity index (χ4n) is 8.81. The van der Waals surface area contributed by atoms with Crippen LogP contribution in [0.5, 0.6) is 0 Å². The van der Waals surface area contributed by atoms with Gasteiger partial charge in [-0.1, -0.05) is 30.3 Å². The topological polar surface area (TPSA) is 141 Å². The summed E-state index contributed by atoms with van der Waals surface area (Å²) in [5, 5.41) is 6.41. The molecule has 4 N–H and O–H groups in total. The van der Waals surface area contributed by atoms with Gasteiger partial charge in [0.25, 0.3) is 5.91 Å². The van der Waals surface area contributed by atoms with Gasteiger partial charge in [-0.3, -0.25) is 19.1 Å². The smallest absolute Gasteiger partial charge is 0.251 e. The molecule has 61 heavy (non-hydrogen) atoms. The Morgan fingerprint density at radius 3 is 2.43 bits per heavy atom. The van der Waals surface area contributed by atoms with Crippen LogP contribution in [-0.4, -0.2) is 105 Å². The van der Waals surface area contributed by atoms with Crippen molar-refractivity contribution < 1.29 is 14.0 Å². The summed E-state index contributed by atoms with van der Waals surface area (Å²) in [5.74, 6) is 0.986. The van der Waals surface area contributed by atoms with Gasteiger partial charge in [-0.2, -0.15) is 0 Å². The largest absolute Gasteiger partial charge is 0.384 e. The number of hydrogen-bond donors (Lipinski definition) is 3. The molecule has 13 nitrogen and oxygen atoms in total. The molecule has 0 saturated carbocycles. The van der Waals surface area contributed by atoms with Crippen molar-refractivity contribution in [3.8, 4) is 16.9 Å². The summed E-state index contributed by atoms with van der Waals surface area (Å²) in [7, 11) is 0. The number of aryl methyl sites for hydroxylation is 1. The highest BCUT2D eigenvalue weighted by Gasteiger charge is 2.25. The van der Waals surface area contributed by atoms with Gasteiger partial charge in [-0.15, -0.1) is 0 Å². The standard InChI is InChI=1S/C47H52FN11O2/c1-32-53-42-14-13-40(35-16-17-50-44(49)27-35)54-46(42)59(32)36-12-15-43(39(48)28-36)57-23-25-58(26-24-57)45(60)7-2-3-18-55-19-21-56(22-20-55)31-34-10-8-33(9-11-34)29-51-41-6-4-5-37-38(41)30-52-47(37)61/h4-6,8-17,27-28,51H,2-3,7,18-26,29-31H2,1H3,(H2,49,50)(H,52,61). The normalized spacial score (nSPS) is 15.9. The van der Waals surface area contributed by atoms with Crippen LogP contribution in [0.15, 0.2) is 91.1 Å². The van der Waals surface area contributed by atoms with Crippen LogP contribution in [0.4, 0.5) is 21.6 Å². The lowest BCUT2D eigenvalue weighted by Crippen LogP contribution is -2.49. The molecule has 2 fully saturated rings. The Morgan fingerprint density at radius 1 is 0.852 bits per heavy atom. The number of rotatable bonds is 13. The minimum absolute atomic E-state index is 0.00161. The van der Waals surface area contributed by atoms with E-state index in [9.17, 15) is 9.59 Å². The van der Waals surface area contributed by atoms with Crippen molar-refractivity contribution in [2.24, 2.45) is 0 Å². The Hall–Kier alpha value is -6.38. The number of aromatic nitrogens is 4. The molecular weight excluding hydrogens is 770 g/mol. The maximum atomic E-state index is 15.8. The van der Waals surface area contributed by atoms with Crippen molar-refractivity contribution in [2.75, 3.05) is 74.9 Å². The zero-order valence-corrected chi connectivity index (χ0v) is 34.6. The fraction of sp³-hybridized carbons (Fsp3) is 0.340. The summed E-state index contributed by atoms with van der Waals surface area (Å²) in [5.41, 5.74) is 15.4. The Bertz CT molecular complexity index is 2540. The van der Waals surface area contributed by atoms with E-state index in [0.717, 1.165) is 85.7 Å². The molecule has 0 bridgehead atoms. The molecule has 2 amide bonds. The summed E-state index contributed by atoms with van der Waals surface area (Å²) >= 11 is 0. The lowest BCUT2D eigenvalue weighted by Gasteiger charge is -2.36. The molecule has 2 saturated heterocycles. The number of piperazine rings is 2. The number of unbranched alkanes of at least 4 members (excludes halogenated alkanes) is 1. The molecule has 0 atom stereocenters. The molecule has 0 radical (unpaired) electrons. The molecule has 14 heteroatoms. The van der Waals surface area contributed by atoms with Crippen molar-refractivity contribution in [1.82, 2.24) is 39.5 Å². The van der Waals surface area contributed by atoms with Gasteiger partial charge in [-0.05, 0) is 86.0 Å². The maximum absolute atomic E-state index is 15.8. The van der Waals surface area contributed by atoms with E-state index in [1.165, 1.54) is 11.1 Å². The quantitative estimate of drug-likeness (QED) is 0.119. The number of nitrogens with two attached hydrogens (primary N) is 1. The van der Waals surface area contributed by atoms with Gasteiger partial charge in [0.2, 0.25) is 5.91 Å². The minimum Gasteiger partial charge on any atom is -0.384 e. The fourth-order valence-corrected chi connectivity index (χ4v) is 8.81. The second kappa shape index (κ2) is 17.7. The Morgan fingerprint density at radius 2 is 1.64 bits per heavy atom. The highest BCUT2D eigenvalue weighted by atomic mass is 19.1. The molecule has 3 aromatic carbocycles. The molecule has 6 heterocycles. The maximum Gasteiger partial charge on any atom is 0.251 e. The summed E-state index contributed by atoms with van der Waals surface area (Å²) in [6.07, 6.45) is 4.06. The number of nitrogen functional groups attached to an aromatic ring is 1. The minimum atomic E-state index is -0.318. The lowest BCUT2D eigenvalue weighted by atomic mass is 10.1. The van der Waals surface area contributed by atoms with Crippen LogP contribution >= 0.6 is 0 Å². The van der Waals surface area contributed by atoms with Crippen molar-refractivity contribution in [1.29, 1.82) is 0 Å². The van der Waals surface area contributed by atoms with Gasteiger partial charge in [0.05, 0.1) is 17.1 Å². The second-order valence-electron chi connectivity index (χ2n) is 16.3. The first kappa shape index (κ1) is 40.0. The highest BCUT2D eigenvalue weighted by molar-refractivity contribution is 6.00. The third-order valence-electron chi connectivity index (χ3n) is 12.2. The summed E-state index contributed by atoms with van der Waals surface area (Å²) in [6.45, 7) is 11.6. The number of anilines is 3. The first-order chi connectivity index (χ1) is 29.8. The number of carbonyl (C=O) groups is 2. The zero-order chi connectivity index (χ0) is 41.9. The van der Waals surface area contributed by atoms with E-state index in [2.05, 4.69) is 54.7 Å². The first-order valence-electron chi connectivity index (χ1n) is 21.3. The third-order valence-corrected chi connectivity index (χ3v) is 12.2. The molecule has 6 aromatic rings. The lowest BCUT2D eigenvalue weighted by molar-refractivity contribution is -0.131. The number of fused-ring (bicyclic) bond motifs is 2. The number of pyridine rings is 2. The highest BCUT2D eigenvalue weighted by Crippen LogP contribution is 2.29. The Labute approximate surface area is 355 Å². The molecule has 0 unspecified atom stereocenters. The van der Waals surface area contributed by atoms with Crippen molar-refractivity contribution in [3.05, 3.63) is 125 Å². The molecule has 0 aliphatic carbocycles. The number of halogens is 1. The van der Waals surface area contributed by atoms with Crippen LogP contribution in [0.3, 0.4) is 0 Å². The SMILES string of the molecule is Cc1nc2ccc(-c3ccnc(N)c3)nc2n1-c1ccc(N2CCN(C(=O)CCCCN3CCN(Cc4ccc(CNc5cccc6c5CNC6=O)cc4)CC3)CC2)c(F)c1. The Kier molecular flexibility index (Phi) is 11.6. The second-order valence-corrected chi connectivity index (χ2v) is 16.3. The molecule has 314 valence electrons. The molecule has 3 aliphatic heterocycles. The van der Waals surface area contributed by atoms with Gasteiger partial charge in [0, 0.05) is 113 Å². The van der Waals surface area contributed by atoms with Gasteiger partial charge in [0.15, 0.2) is 5.65 Å². The molecular formula is C47H52FN11O2. The van der Waals surface area contributed by atoms with Gasteiger partial charge < -0.3 is 31.1 Å². The average molecular weight is 822 g/mol. The number of carbonyl (C=O) groups excluding carboxylic acids is 2. The van der Waals surface area contributed by atoms with Gasteiger partial charge in [-0.25, -0.2) is 19.3 Å². The van der Waals surface area contributed by atoms with Crippen LogP contribution in [0.1, 0.15) is 52.1 Å². The third kappa shape index (κ3) is 8.91. The number of nitrogens with zero attached hydrogens (tertiary/aromatic N) is 8. The molecule has 3 aliphatic rings. The first-order valence-corrected chi connectivity index (χ1v) is 21.3. The van der Waals surface area contributed by atoms with E-state index >= 15 is 4.39 Å². The summed E-state index contributed by atoms with van der Waals surface area (Å²) in [4.78, 5) is 47.8. The predicted molar refractivity (Wildman–Crippen MR) is 237 cm³/mol. The number of hydrogen-bond acceptors (Lipinski definition) is 10. The van der Waals surface area contributed by atoms with E-state index in [1.54, 1.807) is 18.3 Å². The molecule has 3 aromatic heterocycles. The summed E-state index contributed by atoms with van der Waals surface area (Å²) in [6, 6.07) is 27.4. The van der Waals surface area contributed by atoms with E-state index in [1.807, 2.05) is 69.8 Å². The zero-order valence-electron chi connectivity index (χ0n) is 34.6. The average Bonchev–Trinajstić information content (AvgIpc) is 3.83. The number of nitrogens with one attached hydrogen (secondary N) is 2. The monoisotopic (exact) mass is 821 g/mol. The van der Waals surface area contributed by atoms with Gasteiger partial charge >= 0.3 is 0 Å². The number of amides is 2. The van der Waals surface area contributed by atoms with Crippen LogP contribution < -0.4 is 21.3 Å². The van der Waals surface area contributed by atoms with Crippen LogP contribution in [0.2, 0.25) is 0 Å². The number of imidazole rings is 1. The number of benzene rings is 3. The van der Waals surface area contributed by atoms with Gasteiger partial charge in [0.1, 0.15) is 23.0 Å². The van der Waals surface area contributed by atoms with Crippen molar-refractivity contribution >= 4 is 40.2 Å².